The van der Waals surface area contributed by atoms with Crippen molar-refractivity contribution in [3.8, 4) is 0 Å². The number of rotatable bonds is 4. The lowest BCUT2D eigenvalue weighted by Gasteiger charge is -2.38. The highest BCUT2D eigenvalue weighted by Crippen LogP contribution is 2.38. The Kier molecular flexibility index (Phi) is 4.80. The molecule has 0 bridgehead atoms. The molecule has 1 fully saturated rings. The first-order valence-electron chi connectivity index (χ1n) is 6.47. The molecule has 0 saturated carbocycles. The number of halogens is 1. The first-order chi connectivity index (χ1) is 9.18. The summed E-state index contributed by atoms with van der Waals surface area (Å²) in [6.07, 6.45) is 1.70. The maximum atomic E-state index is 11.4. The minimum atomic E-state index is -0.151. The molecular formula is C14H19ClN2O2. The molecule has 0 spiro atoms. The third-order valence-electron chi connectivity index (χ3n) is 3.70. The van der Waals surface area contributed by atoms with Crippen LogP contribution in [-0.2, 0) is 14.9 Å². The molecule has 19 heavy (non-hydrogen) atoms. The van der Waals surface area contributed by atoms with E-state index in [4.69, 9.17) is 22.1 Å². The molecule has 1 amide bonds. The minimum Gasteiger partial charge on any atom is -0.381 e. The van der Waals surface area contributed by atoms with Crippen LogP contribution in [0.4, 0.5) is 0 Å². The van der Waals surface area contributed by atoms with Crippen LogP contribution in [0.15, 0.2) is 24.3 Å². The zero-order valence-electron chi connectivity index (χ0n) is 10.8. The second-order valence-electron chi connectivity index (χ2n) is 4.85. The van der Waals surface area contributed by atoms with E-state index >= 15 is 0 Å². The Hall–Kier alpha value is -1.10. The molecule has 0 atom stereocenters. The SMILES string of the molecule is NCC(=O)NCC1(c2ccccc2Cl)CCOCC1. The maximum absolute atomic E-state index is 11.4. The van der Waals surface area contributed by atoms with Gasteiger partial charge in [0.1, 0.15) is 0 Å². The van der Waals surface area contributed by atoms with Crippen molar-refractivity contribution in [1.82, 2.24) is 5.32 Å². The summed E-state index contributed by atoms with van der Waals surface area (Å²) in [5.74, 6) is -0.141. The number of carbonyl (C=O) groups is 1. The van der Waals surface area contributed by atoms with Crippen molar-refractivity contribution >= 4 is 17.5 Å². The average Bonchev–Trinajstić information content (AvgIpc) is 2.46. The molecule has 1 heterocycles. The van der Waals surface area contributed by atoms with Crippen LogP contribution in [-0.4, -0.2) is 32.2 Å². The normalized spacial score (nSPS) is 18.0. The molecule has 1 aliphatic rings. The number of nitrogens with two attached hydrogens (primary N) is 1. The van der Waals surface area contributed by atoms with Gasteiger partial charge in [-0.3, -0.25) is 4.79 Å². The number of ether oxygens (including phenoxy) is 1. The first-order valence-corrected chi connectivity index (χ1v) is 6.85. The fourth-order valence-electron chi connectivity index (χ4n) is 2.53. The molecule has 5 heteroatoms. The van der Waals surface area contributed by atoms with Crippen LogP contribution in [0, 0.1) is 0 Å². The number of hydrogen-bond acceptors (Lipinski definition) is 3. The summed E-state index contributed by atoms with van der Waals surface area (Å²) in [5.41, 5.74) is 6.27. The zero-order valence-corrected chi connectivity index (χ0v) is 11.6. The van der Waals surface area contributed by atoms with Crippen molar-refractivity contribution in [1.29, 1.82) is 0 Å². The predicted octanol–water partition coefficient (Wildman–Crippen LogP) is 1.46. The molecule has 0 radical (unpaired) electrons. The topological polar surface area (TPSA) is 64.4 Å². The van der Waals surface area contributed by atoms with Gasteiger partial charge >= 0.3 is 0 Å². The number of carbonyl (C=O) groups excluding carboxylic acids is 1. The fourth-order valence-corrected chi connectivity index (χ4v) is 2.87. The lowest BCUT2D eigenvalue weighted by Crippen LogP contribution is -2.46. The van der Waals surface area contributed by atoms with E-state index in [0.29, 0.717) is 19.8 Å². The van der Waals surface area contributed by atoms with E-state index in [0.717, 1.165) is 23.4 Å². The van der Waals surface area contributed by atoms with E-state index in [1.807, 2.05) is 24.3 Å². The third kappa shape index (κ3) is 3.26. The molecule has 1 saturated heterocycles. The fraction of sp³-hybridized carbons (Fsp3) is 0.500. The monoisotopic (exact) mass is 282 g/mol. The maximum Gasteiger partial charge on any atom is 0.233 e. The minimum absolute atomic E-state index is 0.00903. The van der Waals surface area contributed by atoms with Crippen LogP contribution in [0.1, 0.15) is 18.4 Å². The van der Waals surface area contributed by atoms with Gasteiger partial charge in [-0.25, -0.2) is 0 Å². The first kappa shape index (κ1) is 14.3. The molecular weight excluding hydrogens is 264 g/mol. The van der Waals surface area contributed by atoms with Gasteiger partial charge in [-0.15, -0.1) is 0 Å². The van der Waals surface area contributed by atoms with E-state index < -0.39 is 0 Å². The summed E-state index contributed by atoms with van der Waals surface area (Å²) in [6, 6.07) is 7.81. The van der Waals surface area contributed by atoms with Crippen molar-refractivity contribution < 1.29 is 9.53 Å². The number of benzene rings is 1. The van der Waals surface area contributed by atoms with Gasteiger partial charge in [-0.2, -0.15) is 0 Å². The molecule has 4 nitrogen and oxygen atoms in total. The highest BCUT2D eigenvalue weighted by molar-refractivity contribution is 6.31. The van der Waals surface area contributed by atoms with Crippen molar-refractivity contribution in [2.45, 2.75) is 18.3 Å². The van der Waals surface area contributed by atoms with Gasteiger partial charge in [-0.1, -0.05) is 29.8 Å². The van der Waals surface area contributed by atoms with E-state index in [2.05, 4.69) is 5.32 Å². The van der Waals surface area contributed by atoms with Crippen LogP contribution in [0.5, 0.6) is 0 Å². The highest BCUT2D eigenvalue weighted by atomic mass is 35.5. The Morgan fingerprint density at radius 2 is 2.05 bits per heavy atom. The summed E-state index contributed by atoms with van der Waals surface area (Å²) in [6.45, 7) is 1.93. The average molecular weight is 283 g/mol. The number of nitrogens with one attached hydrogen (secondary N) is 1. The van der Waals surface area contributed by atoms with E-state index in [1.54, 1.807) is 0 Å². The van der Waals surface area contributed by atoms with Crippen molar-refractivity contribution in [3.63, 3.8) is 0 Å². The molecule has 2 rings (SSSR count). The van der Waals surface area contributed by atoms with Crippen molar-refractivity contribution in [3.05, 3.63) is 34.9 Å². The molecule has 0 aliphatic carbocycles. The van der Waals surface area contributed by atoms with Crippen molar-refractivity contribution in [2.24, 2.45) is 5.73 Å². The summed E-state index contributed by atoms with van der Waals surface area (Å²) in [7, 11) is 0. The summed E-state index contributed by atoms with van der Waals surface area (Å²) in [5, 5.41) is 3.63. The van der Waals surface area contributed by atoms with E-state index in [-0.39, 0.29) is 17.9 Å². The molecule has 0 unspecified atom stereocenters. The van der Waals surface area contributed by atoms with Crippen LogP contribution < -0.4 is 11.1 Å². The van der Waals surface area contributed by atoms with E-state index in [1.165, 1.54) is 0 Å². The smallest absolute Gasteiger partial charge is 0.233 e. The second-order valence-corrected chi connectivity index (χ2v) is 5.26. The largest absolute Gasteiger partial charge is 0.381 e. The molecule has 3 N–H and O–H groups in total. The summed E-state index contributed by atoms with van der Waals surface area (Å²) >= 11 is 6.32. The predicted molar refractivity (Wildman–Crippen MR) is 75.2 cm³/mol. The number of amides is 1. The van der Waals surface area contributed by atoms with Crippen molar-refractivity contribution in [2.75, 3.05) is 26.3 Å². The molecule has 0 aromatic heterocycles. The Labute approximate surface area is 118 Å². The standard InChI is InChI=1S/C14H19ClN2O2/c15-12-4-2-1-3-11(12)14(5-7-19-8-6-14)10-17-13(18)9-16/h1-4H,5-10,16H2,(H,17,18). The highest BCUT2D eigenvalue weighted by Gasteiger charge is 2.36. The Morgan fingerprint density at radius 1 is 1.37 bits per heavy atom. The molecule has 104 valence electrons. The van der Waals surface area contributed by atoms with Crippen LogP contribution in [0.3, 0.4) is 0 Å². The summed E-state index contributed by atoms with van der Waals surface area (Å²) in [4.78, 5) is 11.4. The molecule has 1 aliphatic heterocycles. The number of hydrogen-bond donors (Lipinski definition) is 2. The van der Waals surface area contributed by atoms with Crippen LogP contribution in [0.2, 0.25) is 5.02 Å². The lowest BCUT2D eigenvalue weighted by molar-refractivity contribution is -0.120. The van der Waals surface area contributed by atoms with Gasteiger partial charge in [0.15, 0.2) is 0 Å². The van der Waals surface area contributed by atoms with Gasteiger partial charge < -0.3 is 15.8 Å². The molecule has 1 aromatic carbocycles. The van der Waals surface area contributed by atoms with E-state index in [9.17, 15) is 4.79 Å². The van der Waals surface area contributed by atoms with Gasteiger partial charge in [0.2, 0.25) is 5.91 Å². The molecule has 1 aromatic rings. The second kappa shape index (κ2) is 6.37. The van der Waals surface area contributed by atoms with Gasteiger partial charge in [-0.05, 0) is 24.5 Å². The van der Waals surface area contributed by atoms with Gasteiger partial charge in [0, 0.05) is 30.2 Å². The Morgan fingerprint density at radius 3 is 2.68 bits per heavy atom. The van der Waals surface area contributed by atoms with Gasteiger partial charge in [0.25, 0.3) is 0 Å². The summed E-state index contributed by atoms with van der Waals surface area (Å²) < 4.78 is 5.44. The van der Waals surface area contributed by atoms with Crippen LogP contribution >= 0.6 is 11.6 Å². The zero-order chi connectivity index (χ0) is 13.7. The van der Waals surface area contributed by atoms with Crippen LogP contribution in [0.25, 0.3) is 0 Å². The Bertz CT molecular complexity index is 445. The van der Waals surface area contributed by atoms with Gasteiger partial charge in [0.05, 0.1) is 6.54 Å². The third-order valence-corrected chi connectivity index (χ3v) is 4.03. The lowest BCUT2D eigenvalue weighted by atomic mass is 9.74. The Balaban J connectivity index is 2.24. The quantitative estimate of drug-likeness (QED) is 0.879.